The third-order valence-corrected chi connectivity index (χ3v) is 8.31. The van der Waals surface area contributed by atoms with Crippen LogP contribution < -0.4 is 10.6 Å². The number of thiophene rings is 1. The SMILES string of the molecule is CC[C@@H]1CCc2sc(-c3nnc(S[C@H](C)C(=O)Nc4ccc(NC(C)=O)cc4)n3C)cc2C1. The topological polar surface area (TPSA) is 88.9 Å². The highest BCUT2D eigenvalue weighted by atomic mass is 32.2. The molecule has 4 rings (SSSR count). The molecule has 0 saturated heterocycles. The van der Waals surface area contributed by atoms with Crippen molar-refractivity contribution in [3.63, 3.8) is 0 Å². The standard InChI is InChI=1S/C24H29N5O2S2/c1-5-16-6-11-20-17(12-16)13-21(33-20)22-27-28-24(29(22)4)32-14(2)23(31)26-19-9-7-18(8-10-19)25-15(3)30/h7-10,13-14,16H,5-6,11-12H2,1-4H3,(H,25,30)(H,26,31)/t14-,16-/m1/s1. The maximum atomic E-state index is 12.7. The largest absolute Gasteiger partial charge is 0.326 e. The second kappa shape index (κ2) is 10.1. The molecule has 0 spiro atoms. The van der Waals surface area contributed by atoms with Gasteiger partial charge in [-0.1, -0.05) is 25.1 Å². The Labute approximate surface area is 202 Å². The summed E-state index contributed by atoms with van der Waals surface area (Å²) in [7, 11) is 1.95. The molecule has 2 atom stereocenters. The molecule has 33 heavy (non-hydrogen) atoms. The molecule has 1 aliphatic carbocycles. The summed E-state index contributed by atoms with van der Waals surface area (Å²) in [5.74, 6) is 1.39. The van der Waals surface area contributed by atoms with Crippen molar-refractivity contribution < 1.29 is 9.59 Å². The second-order valence-electron chi connectivity index (χ2n) is 8.45. The minimum Gasteiger partial charge on any atom is -0.326 e. The number of thioether (sulfide) groups is 1. The number of anilines is 2. The first kappa shape index (κ1) is 23.5. The molecule has 0 unspecified atom stereocenters. The van der Waals surface area contributed by atoms with Crippen LogP contribution in [0.15, 0.2) is 35.5 Å². The molecule has 174 valence electrons. The van der Waals surface area contributed by atoms with Gasteiger partial charge in [-0.3, -0.25) is 9.59 Å². The molecule has 1 aromatic carbocycles. The van der Waals surface area contributed by atoms with Gasteiger partial charge in [0.25, 0.3) is 0 Å². The fourth-order valence-corrected chi connectivity index (χ4v) is 6.03. The minimum absolute atomic E-state index is 0.117. The Morgan fingerprint density at radius 2 is 1.91 bits per heavy atom. The van der Waals surface area contributed by atoms with Gasteiger partial charge in [0.1, 0.15) is 0 Å². The molecule has 0 fully saturated rings. The number of hydrogen-bond acceptors (Lipinski definition) is 6. The van der Waals surface area contributed by atoms with Gasteiger partial charge >= 0.3 is 0 Å². The van der Waals surface area contributed by atoms with Crippen molar-refractivity contribution in [2.24, 2.45) is 13.0 Å². The Morgan fingerprint density at radius 3 is 2.58 bits per heavy atom. The molecule has 0 aliphatic heterocycles. The predicted molar refractivity (Wildman–Crippen MR) is 135 cm³/mol. The first-order valence-corrected chi connectivity index (χ1v) is 12.9. The van der Waals surface area contributed by atoms with E-state index in [0.717, 1.165) is 29.5 Å². The molecule has 0 saturated carbocycles. The zero-order valence-corrected chi connectivity index (χ0v) is 21.0. The van der Waals surface area contributed by atoms with Crippen LogP contribution in [0.4, 0.5) is 11.4 Å². The molecule has 3 aromatic rings. The van der Waals surface area contributed by atoms with Crippen LogP contribution in [0.1, 0.15) is 44.1 Å². The summed E-state index contributed by atoms with van der Waals surface area (Å²) in [4.78, 5) is 26.5. The first-order chi connectivity index (χ1) is 15.8. The van der Waals surface area contributed by atoms with Crippen molar-refractivity contribution in [1.29, 1.82) is 0 Å². The van der Waals surface area contributed by atoms with Gasteiger partial charge in [0, 0.05) is 30.2 Å². The van der Waals surface area contributed by atoms with Gasteiger partial charge in [0.05, 0.1) is 10.1 Å². The highest BCUT2D eigenvalue weighted by Gasteiger charge is 2.24. The lowest BCUT2D eigenvalue weighted by atomic mass is 9.87. The van der Waals surface area contributed by atoms with Crippen molar-refractivity contribution in [1.82, 2.24) is 14.8 Å². The fraction of sp³-hybridized carbons (Fsp3) is 0.417. The molecule has 2 heterocycles. The van der Waals surface area contributed by atoms with Gasteiger partial charge in [-0.25, -0.2) is 0 Å². The summed E-state index contributed by atoms with van der Waals surface area (Å²) >= 11 is 3.21. The maximum absolute atomic E-state index is 12.7. The summed E-state index contributed by atoms with van der Waals surface area (Å²) < 4.78 is 1.98. The minimum atomic E-state index is -0.349. The summed E-state index contributed by atoms with van der Waals surface area (Å²) in [6, 6.07) is 9.33. The van der Waals surface area contributed by atoms with E-state index in [9.17, 15) is 9.59 Å². The predicted octanol–water partition coefficient (Wildman–Crippen LogP) is 5.14. The number of nitrogens with one attached hydrogen (secondary N) is 2. The highest BCUT2D eigenvalue weighted by Crippen LogP contribution is 2.38. The van der Waals surface area contributed by atoms with Crippen molar-refractivity contribution in [2.45, 2.75) is 56.9 Å². The van der Waals surface area contributed by atoms with Crippen LogP contribution in [-0.2, 0) is 29.5 Å². The highest BCUT2D eigenvalue weighted by molar-refractivity contribution is 8.00. The third-order valence-electron chi connectivity index (χ3n) is 5.94. The number of aryl methyl sites for hydroxylation is 1. The zero-order chi connectivity index (χ0) is 23.5. The van der Waals surface area contributed by atoms with E-state index in [1.165, 1.54) is 42.0 Å². The van der Waals surface area contributed by atoms with Gasteiger partial charge in [0.2, 0.25) is 11.8 Å². The third kappa shape index (κ3) is 5.47. The van der Waals surface area contributed by atoms with Crippen LogP contribution in [0.2, 0.25) is 0 Å². The fourth-order valence-electron chi connectivity index (χ4n) is 3.99. The van der Waals surface area contributed by atoms with Crippen LogP contribution in [0.5, 0.6) is 0 Å². The lowest BCUT2D eigenvalue weighted by Crippen LogP contribution is -2.22. The van der Waals surface area contributed by atoms with Gasteiger partial charge in [-0.05, 0) is 68.0 Å². The van der Waals surface area contributed by atoms with E-state index in [1.807, 2.05) is 29.9 Å². The number of aromatic nitrogens is 3. The maximum Gasteiger partial charge on any atom is 0.237 e. The van der Waals surface area contributed by atoms with E-state index in [4.69, 9.17) is 0 Å². The van der Waals surface area contributed by atoms with Crippen molar-refractivity contribution in [3.05, 3.63) is 40.8 Å². The van der Waals surface area contributed by atoms with E-state index in [0.29, 0.717) is 16.5 Å². The molecule has 2 amide bonds. The number of amides is 2. The molecular formula is C24H29N5O2S2. The normalized spacial score (nSPS) is 16.2. The van der Waals surface area contributed by atoms with Crippen molar-refractivity contribution >= 4 is 46.3 Å². The van der Waals surface area contributed by atoms with E-state index >= 15 is 0 Å². The Balaban J connectivity index is 1.40. The molecule has 2 aromatic heterocycles. The smallest absolute Gasteiger partial charge is 0.237 e. The number of carbonyl (C=O) groups excluding carboxylic acids is 2. The Kier molecular flexibility index (Phi) is 7.19. The summed E-state index contributed by atoms with van der Waals surface area (Å²) in [6.07, 6.45) is 4.81. The Bertz CT molecular complexity index is 1150. The average molecular weight is 484 g/mol. The van der Waals surface area contributed by atoms with E-state index in [-0.39, 0.29) is 17.1 Å². The first-order valence-electron chi connectivity index (χ1n) is 11.2. The van der Waals surface area contributed by atoms with Crippen LogP contribution >= 0.6 is 23.1 Å². The number of rotatable bonds is 7. The van der Waals surface area contributed by atoms with Crippen molar-refractivity contribution in [2.75, 3.05) is 10.6 Å². The molecule has 0 bridgehead atoms. The molecule has 9 heteroatoms. The van der Waals surface area contributed by atoms with Gasteiger partial charge < -0.3 is 15.2 Å². The van der Waals surface area contributed by atoms with E-state index in [1.54, 1.807) is 24.3 Å². The number of fused-ring (bicyclic) bond motifs is 1. The van der Waals surface area contributed by atoms with Crippen molar-refractivity contribution in [3.8, 4) is 10.7 Å². The summed E-state index contributed by atoms with van der Waals surface area (Å²) in [5.41, 5.74) is 2.83. The van der Waals surface area contributed by atoms with Gasteiger partial charge in [-0.15, -0.1) is 21.5 Å². The van der Waals surface area contributed by atoms with E-state index < -0.39 is 0 Å². The molecular weight excluding hydrogens is 454 g/mol. The molecule has 2 N–H and O–H groups in total. The van der Waals surface area contributed by atoms with Crippen LogP contribution in [-0.4, -0.2) is 31.8 Å². The number of nitrogens with zero attached hydrogens (tertiary/aromatic N) is 3. The monoisotopic (exact) mass is 483 g/mol. The molecule has 1 aliphatic rings. The van der Waals surface area contributed by atoms with Crippen LogP contribution in [0.3, 0.4) is 0 Å². The summed E-state index contributed by atoms with van der Waals surface area (Å²) in [6.45, 7) is 5.59. The van der Waals surface area contributed by atoms with E-state index in [2.05, 4.69) is 33.8 Å². The molecule has 7 nitrogen and oxygen atoms in total. The lowest BCUT2D eigenvalue weighted by Gasteiger charge is -2.19. The second-order valence-corrected chi connectivity index (χ2v) is 10.9. The van der Waals surface area contributed by atoms with Crippen LogP contribution in [0, 0.1) is 5.92 Å². The average Bonchev–Trinajstić information content (AvgIpc) is 3.37. The summed E-state index contributed by atoms with van der Waals surface area (Å²) in [5, 5.41) is 14.8. The van der Waals surface area contributed by atoms with Gasteiger partial charge in [0.15, 0.2) is 11.0 Å². The lowest BCUT2D eigenvalue weighted by molar-refractivity contribution is -0.115. The quantitative estimate of drug-likeness (QED) is 0.455. The Hall–Kier alpha value is -2.65. The zero-order valence-electron chi connectivity index (χ0n) is 19.3. The molecule has 0 radical (unpaired) electrons. The Morgan fingerprint density at radius 1 is 1.21 bits per heavy atom. The number of carbonyl (C=O) groups is 2. The number of hydrogen-bond donors (Lipinski definition) is 2. The van der Waals surface area contributed by atoms with Crippen LogP contribution in [0.25, 0.3) is 10.7 Å². The number of benzene rings is 1. The van der Waals surface area contributed by atoms with Gasteiger partial charge in [-0.2, -0.15) is 0 Å².